The third-order valence-corrected chi connectivity index (χ3v) is 4.80. The fraction of sp³-hybridized carbons (Fsp3) is 0.769. The van der Waals surface area contributed by atoms with Gasteiger partial charge in [-0.3, -0.25) is 9.69 Å². The van der Waals surface area contributed by atoms with E-state index in [0.29, 0.717) is 17.8 Å². The van der Waals surface area contributed by atoms with E-state index in [2.05, 4.69) is 25.8 Å². The van der Waals surface area contributed by atoms with Crippen molar-refractivity contribution < 1.29 is 4.79 Å². The van der Waals surface area contributed by atoms with Gasteiger partial charge in [-0.25, -0.2) is 4.68 Å². The smallest absolute Gasteiger partial charge is 0.273 e. The van der Waals surface area contributed by atoms with Gasteiger partial charge in [-0.1, -0.05) is 5.21 Å². The second kappa shape index (κ2) is 4.82. The Morgan fingerprint density at radius 2 is 2.25 bits per heavy atom. The van der Waals surface area contributed by atoms with Gasteiger partial charge in [0, 0.05) is 31.7 Å². The Balaban J connectivity index is 1.41. The molecule has 3 aliphatic rings. The molecule has 0 saturated carbocycles. The van der Waals surface area contributed by atoms with Crippen LogP contribution in [0.15, 0.2) is 6.20 Å². The van der Waals surface area contributed by atoms with E-state index in [-0.39, 0.29) is 11.9 Å². The van der Waals surface area contributed by atoms with Crippen LogP contribution in [0.4, 0.5) is 0 Å². The largest absolute Gasteiger partial charge is 0.346 e. The van der Waals surface area contributed by atoms with Crippen molar-refractivity contribution in [2.24, 2.45) is 0 Å². The Morgan fingerprint density at radius 1 is 1.35 bits per heavy atom. The van der Waals surface area contributed by atoms with E-state index in [4.69, 9.17) is 0 Å². The minimum absolute atomic E-state index is 0.0812. The first-order chi connectivity index (χ1) is 9.81. The topological polar surface area (TPSA) is 75.1 Å². The summed E-state index contributed by atoms with van der Waals surface area (Å²) in [5.74, 6) is -0.0812. The molecule has 0 radical (unpaired) electrons. The molecule has 2 atom stereocenters. The summed E-state index contributed by atoms with van der Waals surface area (Å²) in [6.07, 6.45) is 5.27. The van der Waals surface area contributed by atoms with Crippen LogP contribution in [0.1, 0.15) is 35.8 Å². The summed E-state index contributed by atoms with van der Waals surface area (Å²) in [6, 6.07) is 1.16. The van der Waals surface area contributed by atoms with Crippen LogP contribution in [-0.4, -0.2) is 64.1 Å². The maximum Gasteiger partial charge on any atom is 0.273 e. The van der Waals surface area contributed by atoms with E-state index in [0.717, 1.165) is 26.1 Å². The fourth-order valence-electron chi connectivity index (χ4n) is 3.51. The van der Waals surface area contributed by atoms with Crippen molar-refractivity contribution in [2.45, 2.75) is 37.4 Å². The zero-order valence-electron chi connectivity index (χ0n) is 11.5. The third kappa shape index (κ3) is 2.01. The number of hydrogen-bond donors (Lipinski definition) is 2. The quantitative estimate of drug-likeness (QED) is 0.770. The van der Waals surface area contributed by atoms with Gasteiger partial charge in [0.25, 0.3) is 5.91 Å². The van der Waals surface area contributed by atoms with Crippen LogP contribution < -0.4 is 10.6 Å². The molecule has 7 nitrogen and oxygen atoms in total. The van der Waals surface area contributed by atoms with E-state index in [9.17, 15) is 4.79 Å². The third-order valence-electron chi connectivity index (χ3n) is 4.80. The number of rotatable bonds is 3. The van der Waals surface area contributed by atoms with Crippen LogP contribution in [0, 0.1) is 0 Å². The Bertz CT molecular complexity index is 511. The first kappa shape index (κ1) is 12.3. The standard InChI is InChI=1S/C13H20N6O/c20-13(11-8-19(17-16-11)9-6-14-7-9)15-10-3-5-18-4-1-2-12(10)18/h8-10,12,14H,1-7H2,(H,15,20). The summed E-state index contributed by atoms with van der Waals surface area (Å²) in [5, 5.41) is 14.4. The molecule has 1 aromatic heterocycles. The number of amides is 1. The van der Waals surface area contributed by atoms with Crippen molar-refractivity contribution in [3.05, 3.63) is 11.9 Å². The normalized spacial score (nSPS) is 30.2. The van der Waals surface area contributed by atoms with E-state index >= 15 is 0 Å². The molecule has 0 aromatic carbocycles. The monoisotopic (exact) mass is 276 g/mol. The molecule has 2 N–H and O–H groups in total. The van der Waals surface area contributed by atoms with E-state index in [1.807, 2.05) is 0 Å². The van der Waals surface area contributed by atoms with Gasteiger partial charge in [0.2, 0.25) is 0 Å². The Kier molecular flexibility index (Phi) is 2.96. The predicted molar refractivity (Wildman–Crippen MR) is 72.4 cm³/mol. The van der Waals surface area contributed by atoms with Gasteiger partial charge in [0.05, 0.1) is 12.2 Å². The first-order valence-electron chi connectivity index (χ1n) is 7.49. The van der Waals surface area contributed by atoms with Crippen LogP contribution in [0.25, 0.3) is 0 Å². The summed E-state index contributed by atoms with van der Waals surface area (Å²) >= 11 is 0. The second-order valence-corrected chi connectivity index (χ2v) is 6.01. The van der Waals surface area contributed by atoms with Crippen LogP contribution in [-0.2, 0) is 0 Å². The lowest BCUT2D eigenvalue weighted by Gasteiger charge is -2.26. The highest BCUT2D eigenvalue weighted by molar-refractivity contribution is 5.92. The number of aromatic nitrogens is 3. The lowest BCUT2D eigenvalue weighted by atomic mass is 10.1. The number of carbonyl (C=O) groups excluding carboxylic acids is 1. The van der Waals surface area contributed by atoms with Crippen molar-refractivity contribution >= 4 is 5.91 Å². The Morgan fingerprint density at radius 3 is 3.05 bits per heavy atom. The summed E-state index contributed by atoms with van der Waals surface area (Å²) in [4.78, 5) is 14.8. The maximum atomic E-state index is 12.3. The number of nitrogens with zero attached hydrogens (tertiary/aromatic N) is 4. The molecular formula is C13H20N6O. The van der Waals surface area contributed by atoms with Gasteiger partial charge in [-0.2, -0.15) is 0 Å². The minimum Gasteiger partial charge on any atom is -0.346 e. The Hall–Kier alpha value is -1.47. The van der Waals surface area contributed by atoms with Crippen molar-refractivity contribution in [3.8, 4) is 0 Å². The SMILES string of the molecule is O=C(NC1CCN2CCCC12)c1cn(C2CNC2)nn1. The van der Waals surface area contributed by atoms with Gasteiger partial charge in [-0.05, 0) is 25.8 Å². The maximum absolute atomic E-state index is 12.3. The molecule has 4 rings (SSSR count). The molecule has 3 fully saturated rings. The summed E-state index contributed by atoms with van der Waals surface area (Å²) in [7, 11) is 0. The fourth-order valence-corrected chi connectivity index (χ4v) is 3.51. The van der Waals surface area contributed by atoms with Crippen LogP contribution in [0.3, 0.4) is 0 Å². The van der Waals surface area contributed by atoms with Gasteiger partial charge < -0.3 is 10.6 Å². The average Bonchev–Trinajstić information content (AvgIpc) is 3.04. The van der Waals surface area contributed by atoms with E-state index < -0.39 is 0 Å². The molecule has 0 aliphatic carbocycles. The highest BCUT2D eigenvalue weighted by Gasteiger charge is 2.38. The molecule has 2 unspecified atom stereocenters. The lowest BCUT2D eigenvalue weighted by molar-refractivity contribution is 0.0924. The van der Waals surface area contributed by atoms with Gasteiger partial charge in [0.1, 0.15) is 0 Å². The molecule has 4 heterocycles. The van der Waals surface area contributed by atoms with Crippen LogP contribution >= 0.6 is 0 Å². The summed E-state index contributed by atoms with van der Waals surface area (Å²) in [5.41, 5.74) is 0.438. The van der Waals surface area contributed by atoms with E-state index in [1.165, 1.54) is 19.4 Å². The zero-order chi connectivity index (χ0) is 13.5. The molecular weight excluding hydrogens is 256 g/mol. The molecule has 3 aliphatic heterocycles. The number of hydrogen-bond acceptors (Lipinski definition) is 5. The lowest BCUT2D eigenvalue weighted by Crippen LogP contribution is -2.43. The van der Waals surface area contributed by atoms with Crippen molar-refractivity contribution in [2.75, 3.05) is 26.2 Å². The average molecular weight is 276 g/mol. The number of fused-ring (bicyclic) bond motifs is 1. The first-order valence-corrected chi connectivity index (χ1v) is 7.49. The summed E-state index contributed by atoms with van der Waals surface area (Å²) < 4.78 is 1.79. The summed E-state index contributed by atoms with van der Waals surface area (Å²) in [6.45, 7) is 4.10. The molecule has 1 aromatic rings. The Labute approximate surface area is 117 Å². The predicted octanol–water partition coefficient (Wildman–Crippen LogP) is -0.611. The highest BCUT2D eigenvalue weighted by Crippen LogP contribution is 2.28. The molecule has 1 amide bonds. The van der Waals surface area contributed by atoms with Gasteiger partial charge in [0.15, 0.2) is 5.69 Å². The molecule has 0 bridgehead atoms. The highest BCUT2D eigenvalue weighted by atomic mass is 16.2. The van der Waals surface area contributed by atoms with Crippen LogP contribution in [0.5, 0.6) is 0 Å². The van der Waals surface area contributed by atoms with Gasteiger partial charge in [-0.15, -0.1) is 5.10 Å². The van der Waals surface area contributed by atoms with Crippen molar-refractivity contribution in [1.82, 2.24) is 30.5 Å². The second-order valence-electron chi connectivity index (χ2n) is 6.01. The van der Waals surface area contributed by atoms with Gasteiger partial charge >= 0.3 is 0 Å². The molecule has 7 heteroatoms. The van der Waals surface area contributed by atoms with Crippen molar-refractivity contribution in [3.63, 3.8) is 0 Å². The molecule has 3 saturated heterocycles. The van der Waals surface area contributed by atoms with Crippen LogP contribution in [0.2, 0.25) is 0 Å². The number of nitrogens with one attached hydrogen (secondary N) is 2. The molecule has 108 valence electrons. The number of carbonyl (C=O) groups is 1. The zero-order valence-corrected chi connectivity index (χ0v) is 11.5. The molecule has 20 heavy (non-hydrogen) atoms. The molecule has 0 spiro atoms. The minimum atomic E-state index is -0.0812. The van der Waals surface area contributed by atoms with E-state index in [1.54, 1.807) is 10.9 Å². The van der Waals surface area contributed by atoms with Crippen molar-refractivity contribution in [1.29, 1.82) is 0 Å².